The van der Waals surface area contributed by atoms with Crippen molar-refractivity contribution < 1.29 is 47.9 Å². The molecule has 14 heteroatoms. The minimum absolute atomic E-state index is 0.176. The Kier molecular flexibility index (Phi) is 8.33. The zero-order valence-corrected chi connectivity index (χ0v) is 20.5. The molecule has 3 heterocycles. The molecule has 5 N–H and O–H groups in total. The maximum atomic E-state index is 10.6. The van der Waals surface area contributed by atoms with E-state index in [0.29, 0.717) is 17.1 Å². The number of carboxylic acids is 1. The molecule has 0 radical (unpaired) electrons. The van der Waals surface area contributed by atoms with E-state index in [1.807, 2.05) is 30.3 Å². The predicted molar refractivity (Wildman–Crippen MR) is 130 cm³/mol. The predicted octanol–water partition coefficient (Wildman–Crippen LogP) is 2.59. The summed E-state index contributed by atoms with van der Waals surface area (Å²) >= 11 is 6.54. The molecule has 0 saturated carbocycles. The van der Waals surface area contributed by atoms with Crippen LogP contribution in [0.25, 0.3) is 22.2 Å². The van der Waals surface area contributed by atoms with Crippen LogP contribution in [0.4, 0.5) is 18.9 Å². The number of aliphatic hydroxyl groups is 3. The molecular weight excluding hydrogens is 535 g/mol. The monoisotopic (exact) mass is 559 g/mol. The van der Waals surface area contributed by atoms with Gasteiger partial charge in [0.15, 0.2) is 6.10 Å². The highest BCUT2D eigenvalue weighted by Crippen LogP contribution is 2.34. The Labute approximate surface area is 219 Å². The number of nitrogens with zero attached hydrogens (tertiary/aromatic N) is 2. The molecule has 0 amide bonds. The van der Waals surface area contributed by atoms with E-state index in [1.165, 1.54) is 0 Å². The van der Waals surface area contributed by atoms with Gasteiger partial charge in [0.2, 0.25) is 0 Å². The number of aromatic nitrogens is 2. The van der Waals surface area contributed by atoms with Crippen LogP contribution >= 0.6 is 11.6 Å². The number of rotatable bonds is 5. The van der Waals surface area contributed by atoms with E-state index in [2.05, 4.69) is 14.9 Å². The minimum atomic E-state index is -5.08. The van der Waals surface area contributed by atoms with E-state index in [9.17, 15) is 28.5 Å². The molecule has 2 aliphatic heterocycles. The van der Waals surface area contributed by atoms with E-state index in [-0.39, 0.29) is 25.3 Å². The van der Waals surface area contributed by atoms with Crippen molar-refractivity contribution >= 4 is 34.3 Å². The van der Waals surface area contributed by atoms with Crippen molar-refractivity contribution in [3.63, 3.8) is 0 Å². The van der Waals surface area contributed by atoms with Crippen LogP contribution in [0.3, 0.4) is 0 Å². The number of ether oxygens (including phenoxy) is 2. The van der Waals surface area contributed by atoms with Crippen LogP contribution in [0, 0.1) is 0 Å². The Morgan fingerprint density at radius 3 is 2.47 bits per heavy atom. The third-order valence-corrected chi connectivity index (χ3v) is 6.49. The first-order valence-corrected chi connectivity index (χ1v) is 11.9. The van der Waals surface area contributed by atoms with Crippen molar-refractivity contribution in [1.82, 2.24) is 9.97 Å². The fourth-order valence-corrected chi connectivity index (χ4v) is 4.45. The molecule has 0 aliphatic carbocycles. The van der Waals surface area contributed by atoms with Gasteiger partial charge in [-0.1, -0.05) is 23.7 Å². The fourth-order valence-electron chi connectivity index (χ4n) is 4.18. The number of carbonyl (C=O) groups is 1. The molecule has 2 aliphatic rings. The van der Waals surface area contributed by atoms with Crippen molar-refractivity contribution in [2.75, 3.05) is 31.2 Å². The van der Waals surface area contributed by atoms with Gasteiger partial charge in [-0.15, -0.1) is 0 Å². The van der Waals surface area contributed by atoms with Crippen molar-refractivity contribution in [3.8, 4) is 17.1 Å². The summed E-state index contributed by atoms with van der Waals surface area (Å²) in [5, 5.41) is 36.8. The minimum Gasteiger partial charge on any atom is -0.475 e. The molecule has 4 atom stereocenters. The lowest BCUT2D eigenvalue weighted by molar-refractivity contribution is -0.192. The van der Waals surface area contributed by atoms with Gasteiger partial charge in [-0.2, -0.15) is 18.2 Å². The van der Waals surface area contributed by atoms with Crippen molar-refractivity contribution in [3.05, 3.63) is 41.4 Å². The molecule has 1 aromatic heterocycles. The summed E-state index contributed by atoms with van der Waals surface area (Å²) in [6.45, 7) is 1.41. The first-order valence-electron chi connectivity index (χ1n) is 11.6. The third kappa shape index (κ3) is 6.30. The Balaban J connectivity index is 0.000000426. The highest BCUT2D eigenvalue weighted by atomic mass is 35.5. The average Bonchev–Trinajstić information content (AvgIpc) is 3.57. The average molecular weight is 560 g/mol. The smallest absolute Gasteiger partial charge is 0.475 e. The lowest BCUT2D eigenvalue weighted by Crippen LogP contribution is -2.36. The molecule has 2 aromatic carbocycles. The van der Waals surface area contributed by atoms with Crippen LogP contribution in [0.1, 0.15) is 6.42 Å². The Bertz CT molecular complexity index is 1270. The number of benzene rings is 2. The second-order valence-corrected chi connectivity index (χ2v) is 9.24. The molecule has 0 spiro atoms. The van der Waals surface area contributed by atoms with Gasteiger partial charge < -0.3 is 39.8 Å². The van der Waals surface area contributed by atoms with Gasteiger partial charge in [0.05, 0.1) is 35.4 Å². The molecule has 10 nitrogen and oxygen atoms in total. The number of alkyl halides is 3. The Morgan fingerprint density at radius 2 is 1.92 bits per heavy atom. The van der Waals surface area contributed by atoms with Crippen LogP contribution in [0.15, 0.2) is 36.4 Å². The maximum Gasteiger partial charge on any atom is 0.490 e. The van der Waals surface area contributed by atoms with Crippen LogP contribution in [-0.2, 0) is 9.53 Å². The van der Waals surface area contributed by atoms with Gasteiger partial charge in [-0.05, 0) is 36.2 Å². The molecular formula is C24H25ClF3N3O7. The number of aromatic amines is 1. The van der Waals surface area contributed by atoms with E-state index in [4.69, 9.17) is 31.0 Å². The van der Waals surface area contributed by atoms with E-state index >= 15 is 0 Å². The molecule has 2 saturated heterocycles. The standard InChI is InChI=1S/C22H24ClN3O5.C2HF3O2/c23-16-8-18-17(24-22(25-18)31-20-11-30-19(10-27)21(20)29)7-15(16)12-1-3-13(4-2-12)26-6-5-14(28)9-26;3-2(4,5)1(6)7/h1-4,7-8,14,19-21,27-29H,5-6,9-11H2,(H,24,25);(H,6,7)/t14-,19-,20-,21-;/m1./s1. The molecule has 2 fully saturated rings. The second-order valence-electron chi connectivity index (χ2n) is 8.83. The van der Waals surface area contributed by atoms with Crippen LogP contribution in [0.2, 0.25) is 5.02 Å². The number of hydrogen-bond acceptors (Lipinski definition) is 8. The fraction of sp³-hybridized carbons (Fsp3) is 0.417. The zero-order valence-electron chi connectivity index (χ0n) is 19.7. The number of β-amino-alcohol motifs (C(OH)–C–C–N with tert-alkyl or cyclic N) is 1. The number of anilines is 1. The zero-order chi connectivity index (χ0) is 27.6. The largest absolute Gasteiger partial charge is 0.490 e. The summed E-state index contributed by atoms with van der Waals surface area (Å²) in [5.74, 6) is -2.76. The summed E-state index contributed by atoms with van der Waals surface area (Å²) < 4.78 is 42.8. The summed E-state index contributed by atoms with van der Waals surface area (Å²) in [5.41, 5.74) is 4.30. The lowest BCUT2D eigenvalue weighted by atomic mass is 10.0. The normalized spacial score (nSPS) is 23.4. The van der Waals surface area contributed by atoms with Gasteiger partial charge in [-0.25, -0.2) is 4.79 Å². The van der Waals surface area contributed by atoms with Crippen molar-refractivity contribution in [2.24, 2.45) is 0 Å². The Hall–Kier alpha value is -3.10. The maximum absolute atomic E-state index is 10.6. The number of aliphatic hydroxyl groups excluding tert-OH is 3. The SMILES string of the molecule is O=C(O)C(F)(F)F.OC[C@H]1OC[C@@H](Oc2nc3cc(-c4ccc(N5CC[C@@H](O)C5)cc4)c(Cl)cc3[nH]2)[C@@H]1O. The van der Waals surface area contributed by atoms with Gasteiger partial charge in [0.25, 0.3) is 6.01 Å². The summed E-state index contributed by atoms with van der Waals surface area (Å²) in [7, 11) is 0. The molecule has 5 rings (SSSR count). The van der Waals surface area contributed by atoms with Crippen LogP contribution in [0.5, 0.6) is 6.01 Å². The number of aliphatic carboxylic acids is 1. The Morgan fingerprint density at radius 1 is 1.24 bits per heavy atom. The molecule has 3 aromatic rings. The highest BCUT2D eigenvalue weighted by molar-refractivity contribution is 6.34. The van der Waals surface area contributed by atoms with E-state index in [1.54, 1.807) is 6.07 Å². The van der Waals surface area contributed by atoms with Gasteiger partial charge in [0.1, 0.15) is 12.2 Å². The number of imidazole rings is 1. The first kappa shape index (κ1) is 27.9. The molecule has 0 bridgehead atoms. The summed E-state index contributed by atoms with van der Waals surface area (Å²) in [6, 6.07) is 12.1. The van der Waals surface area contributed by atoms with E-state index in [0.717, 1.165) is 35.3 Å². The van der Waals surface area contributed by atoms with Crippen molar-refractivity contribution in [1.29, 1.82) is 0 Å². The molecule has 38 heavy (non-hydrogen) atoms. The lowest BCUT2D eigenvalue weighted by Gasteiger charge is -2.18. The number of hydrogen-bond donors (Lipinski definition) is 5. The second kappa shape index (κ2) is 11.3. The molecule has 206 valence electrons. The van der Waals surface area contributed by atoms with Crippen molar-refractivity contribution in [2.45, 2.75) is 37.0 Å². The number of nitrogens with one attached hydrogen (secondary N) is 1. The quantitative estimate of drug-likeness (QED) is 0.318. The number of H-pyrrole nitrogens is 1. The number of halogens is 4. The number of fused-ring (bicyclic) bond motifs is 1. The summed E-state index contributed by atoms with van der Waals surface area (Å²) in [4.78, 5) is 18.6. The highest BCUT2D eigenvalue weighted by Gasteiger charge is 2.38. The van der Waals surface area contributed by atoms with E-state index < -0.39 is 30.5 Å². The molecule has 0 unspecified atom stereocenters. The van der Waals surface area contributed by atoms with Gasteiger partial charge in [0, 0.05) is 24.3 Å². The van der Waals surface area contributed by atoms with Crippen LogP contribution in [-0.4, -0.2) is 93.3 Å². The third-order valence-electron chi connectivity index (χ3n) is 6.18. The van der Waals surface area contributed by atoms with Crippen LogP contribution < -0.4 is 9.64 Å². The summed E-state index contributed by atoms with van der Waals surface area (Å²) in [6.07, 6.45) is -6.74. The first-order chi connectivity index (χ1) is 18.0. The van der Waals surface area contributed by atoms with Gasteiger partial charge in [-0.3, -0.25) is 0 Å². The van der Waals surface area contributed by atoms with Gasteiger partial charge >= 0.3 is 12.1 Å². The topological polar surface area (TPSA) is 148 Å². The number of carboxylic acid groups (broad SMARTS) is 1.